The number of phenols is 1. The second-order valence-electron chi connectivity index (χ2n) is 8.39. The van der Waals surface area contributed by atoms with E-state index >= 15 is 0 Å². The number of nitrogens with zero attached hydrogens (tertiary/aromatic N) is 3. The highest BCUT2D eigenvalue weighted by atomic mass is 16.4. The lowest BCUT2D eigenvalue weighted by atomic mass is 9.70. The normalized spacial score (nSPS) is 19.9. The van der Waals surface area contributed by atoms with Crippen molar-refractivity contribution in [1.82, 2.24) is 14.7 Å². The SMILES string of the molecule is [B]c1cc(C[C@@H](O)C(=O)N2CCN(C3CCN(CC(=O)O)CC3)CC2)cc([B]C)c1O. The first-order valence-electron chi connectivity index (χ1n) is 10.8. The predicted octanol–water partition coefficient (Wildman–Crippen LogP) is -1.84. The molecular formula is C21H30B2N3O5. The molecule has 0 aromatic heterocycles. The lowest BCUT2D eigenvalue weighted by Crippen LogP contribution is -2.56. The van der Waals surface area contributed by atoms with Gasteiger partial charge in [-0.2, -0.15) is 0 Å². The Labute approximate surface area is 185 Å². The third-order valence-corrected chi connectivity index (χ3v) is 6.31. The number of carboxylic acids is 1. The molecule has 0 saturated carbocycles. The topological polar surface area (TPSA) is 105 Å². The summed E-state index contributed by atoms with van der Waals surface area (Å²) < 4.78 is 0. The number of rotatable bonds is 7. The van der Waals surface area contributed by atoms with Crippen LogP contribution in [-0.4, -0.2) is 115 Å². The number of piperidine rings is 1. The van der Waals surface area contributed by atoms with Crippen LogP contribution in [0.4, 0.5) is 0 Å². The zero-order valence-electron chi connectivity index (χ0n) is 18.0. The maximum atomic E-state index is 12.7. The molecule has 10 heteroatoms. The Kier molecular flexibility index (Phi) is 8.02. The first-order valence-corrected chi connectivity index (χ1v) is 10.8. The van der Waals surface area contributed by atoms with Gasteiger partial charge in [-0.25, -0.2) is 0 Å². The third kappa shape index (κ3) is 6.02. The van der Waals surface area contributed by atoms with E-state index in [-0.39, 0.29) is 30.1 Å². The molecule has 2 aliphatic heterocycles. The summed E-state index contributed by atoms with van der Waals surface area (Å²) in [7, 11) is 7.56. The van der Waals surface area contributed by atoms with Crippen molar-refractivity contribution in [3.05, 3.63) is 17.7 Å². The number of aliphatic hydroxyl groups is 1. The van der Waals surface area contributed by atoms with E-state index in [0.29, 0.717) is 30.2 Å². The summed E-state index contributed by atoms with van der Waals surface area (Å²) in [6.07, 6.45) is 0.859. The molecule has 2 fully saturated rings. The molecule has 0 unspecified atom stereocenters. The number of phenolic OH excluding ortho intramolecular Hbond substituents is 1. The van der Waals surface area contributed by atoms with E-state index in [1.807, 2.05) is 4.90 Å². The fourth-order valence-electron chi connectivity index (χ4n) is 4.55. The maximum absolute atomic E-state index is 12.7. The van der Waals surface area contributed by atoms with Gasteiger partial charge >= 0.3 is 5.97 Å². The van der Waals surface area contributed by atoms with Crippen LogP contribution in [0.1, 0.15) is 18.4 Å². The summed E-state index contributed by atoms with van der Waals surface area (Å²) in [5, 5.41) is 29.3. The van der Waals surface area contributed by atoms with Gasteiger partial charge in [0, 0.05) is 51.7 Å². The van der Waals surface area contributed by atoms with Gasteiger partial charge in [-0.1, -0.05) is 24.4 Å². The van der Waals surface area contributed by atoms with Crippen LogP contribution in [-0.2, 0) is 16.0 Å². The molecule has 3 N–H and O–H groups in total. The van der Waals surface area contributed by atoms with E-state index < -0.39 is 12.1 Å². The molecule has 3 radical (unpaired) electrons. The summed E-state index contributed by atoms with van der Waals surface area (Å²) in [5.74, 6) is -1.07. The number of amides is 1. The van der Waals surface area contributed by atoms with Crippen LogP contribution in [0.2, 0.25) is 6.82 Å². The Hall–Kier alpha value is -2.03. The highest BCUT2D eigenvalue weighted by molar-refractivity contribution is 6.54. The van der Waals surface area contributed by atoms with E-state index in [2.05, 4.69) is 4.90 Å². The van der Waals surface area contributed by atoms with Gasteiger partial charge in [0.2, 0.25) is 0 Å². The predicted molar refractivity (Wildman–Crippen MR) is 120 cm³/mol. The Morgan fingerprint density at radius 2 is 1.81 bits per heavy atom. The molecule has 0 bridgehead atoms. The highest BCUT2D eigenvalue weighted by Crippen LogP contribution is 2.19. The van der Waals surface area contributed by atoms with Gasteiger partial charge in [0.1, 0.15) is 19.7 Å². The van der Waals surface area contributed by atoms with Gasteiger partial charge in [-0.3, -0.25) is 19.4 Å². The third-order valence-electron chi connectivity index (χ3n) is 6.31. The van der Waals surface area contributed by atoms with Gasteiger partial charge < -0.3 is 20.2 Å². The molecular weight excluding hydrogens is 396 g/mol. The first-order chi connectivity index (χ1) is 14.8. The Morgan fingerprint density at radius 3 is 2.39 bits per heavy atom. The van der Waals surface area contributed by atoms with Crippen LogP contribution in [0.5, 0.6) is 5.75 Å². The van der Waals surface area contributed by atoms with E-state index in [9.17, 15) is 19.8 Å². The maximum Gasteiger partial charge on any atom is 0.317 e. The number of carboxylic acid groups (broad SMARTS) is 1. The molecule has 1 amide bonds. The second-order valence-corrected chi connectivity index (χ2v) is 8.39. The highest BCUT2D eigenvalue weighted by Gasteiger charge is 2.31. The summed E-state index contributed by atoms with van der Waals surface area (Å²) in [4.78, 5) is 29.6. The van der Waals surface area contributed by atoms with Crippen molar-refractivity contribution in [2.24, 2.45) is 0 Å². The number of benzene rings is 1. The van der Waals surface area contributed by atoms with Crippen molar-refractivity contribution in [2.45, 2.75) is 38.2 Å². The van der Waals surface area contributed by atoms with E-state index in [4.69, 9.17) is 13.0 Å². The molecule has 0 spiro atoms. The van der Waals surface area contributed by atoms with E-state index in [0.717, 1.165) is 39.0 Å². The van der Waals surface area contributed by atoms with Crippen LogP contribution in [0.3, 0.4) is 0 Å². The zero-order valence-corrected chi connectivity index (χ0v) is 18.0. The van der Waals surface area contributed by atoms with Crippen molar-refractivity contribution in [3.63, 3.8) is 0 Å². The number of aromatic hydroxyl groups is 1. The van der Waals surface area contributed by atoms with Gasteiger partial charge in [0.25, 0.3) is 5.91 Å². The largest absolute Gasteiger partial charge is 0.509 e. The lowest BCUT2D eigenvalue weighted by molar-refractivity contribution is -0.142. The van der Waals surface area contributed by atoms with Gasteiger partial charge in [0.05, 0.1) is 6.54 Å². The fourth-order valence-corrected chi connectivity index (χ4v) is 4.55. The quantitative estimate of drug-likeness (QED) is 0.441. The smallest absolute Gasteiger partial charge is 0.317 e. The number of hydrogen-bond donors (Lipinski definition) is 3. The van der Waals surface area contributed by atoms with Crippen LogP contribution < -0.4 is 10.9 Å². The molecule has 1 aromatic rings. The van der Waals surface area contributed by atoms with Crippen LogP contribution in [0, 0.1) is 0 Å². The molecule has 3 rings (SSSR count). The number of likely N-dealkylation sites (tertiary alicyclic amines) is 1. The number of piperazine rings is 1. The van der Waals surface area contributed by atoms with Crippen molar-refractivity contribution in [1.29, 1.82) is 0 Å². The lowest BCUT2D eigenvalue weighted by Gasteiger charge is -2.42. The molecule has 1 atom stereocenters. The minimum absolute atomic E-state index is 0.0111. The molecule has 165 valence electrons. The standard InChI is InChI=1S/C21H30B2N3O5/c1-23-17-11-14(10-16(22)20(17)30)12-18(27)21(31)26-8-6-25(7-9-26)15-2-4-24(5-3-15)13-19(28)29/h10-11,15,18,27,30H,2-9,12-13H2,1H3,(H,28,29)/t18-/m1/s1. The molecule has 2 heterocycles. The Bertz CT molecular complexity index is 793. The van der Waals surface area contributed by atoms with Crippen LogP contribution >= 0.6 is 0 Å². The van der Waals surface area contributed by atoms with Crippen molar-refractivity contribution in [3.8, 4) is 5.75 Å². The summed E-state index contributed by atoms with van der Waals surface area (Å²) >= 11 is 0. The number of aliphatic hydroxyl groups excluding tert-OH is 1. The van der Waals surface area contributed by atoms with Crippen molar-refractivity contribution < 1.29 is 24.9 Å². The van der Waals surface area contributed by atoms with Crippen molar-refractivity contribution in [2.75, 3.05) is 45.8 Å². The summed E-state index contributed by atoms with van der Waals surface area (Å²) in [6, 6.07) is 3.74. The average molecular weight is 426 g/mol. The minimum atomic E-state index is -1.15. The van der Waals surface area contributed by atoms with Crippen molar-refractivity contribution >= 4 is 37.9 Å². The molecule has 8 nitrogen and oxygen atoms in total. The average Bonchev–Trinajstić information content (AvgIpc) is 2.76. The molecule has 2 saturated heterocycles. The van der Waals surface area contributed by atoms with Crippen LogP contribution in [0.25, 0.3) is 0 Å². The Morgan fingerprint density at radius 1 is 1.16 bits per heavy atom. The van der Waals surface area contributed by atoms with Gasteiger partial charge in [-0.05, 0) is 23.9 Å². The molecule has 1 aromatic carbocycles. The monoisotopic (exact) mass is 426 g/mol. The van der Waals surface area contributed by atoms with Gasteiger partial charge in [0.15, 0.2) is 7.28 Å². The minimum Gasteiger partial charge on any atom is -0.509 e. The number of carbonyl (C=O) groups is 2. The number of aliphatic carboxylic acids is 1. The molecule has 31 heavy (non-hydrogen) atoms. The number of carbonyl (C=O) groups excluding carboxylic acids is 1. The van der Waals surface area contributed by atoms with Gasteiger partial charge in [-0.15, -0.1) is 0 Å². The van der Waals surface area contributed by atoms with E-state index in [1.54, 1.807) is 31.1 Å². The zero-order chi connectivity index (χ0) is 22.5. The molecule has 2 aliphatic rings. The first kappa shape index (κ1) is 23.6. The Balaban J connectivity index is 1.48. The van der Waals surface area contributed by atoms with Crippen LogP contribution in [0.15, 0.2) is 12.1 Å². The van der Waals surface area contributed by atoms with E-state index in [1.165, 1.54) is 0 Å². The second kappa shape index (κ2) is 10.5. The summed E-state index contributed by atoms with van der Waals surface area (Å²) in [6.45, 7) is 6.08. The summed E-state index contributed by atoms with van der Waals surface area (Å²) in [5.41, 5.74) is 1.52. The fraction of sp³-hybridized carbons (Fsp3) is 0.619. The number of hydrogen-bond acceptors (Lipinski definition) is 6. The molecule has 0 aliphatic carbocycles.